The third-order valence-corrected chi connectivity index (χ3v) is 5.64. The maximum atomic E-state index is 13.0. The first-order valence-corrected chi connectivity index (χ1v) is 10.3. The minimum atomic E-state index is -0.604. The van der Waals surface area contributed by atoms with Crippen LogP contribution in [0, 0.1) is 11.8 Å². The van der Waals surface area contributed by atoms with Gasteiger partial charge in [-0.1, -0.05) is 39.0 Å². The molecule has 0 saturated carbocycles. The summed E-state index contributed by atoms with van der Waals surface area (Å²) in [6, 6.07) is 8.36. The monoisotopic (exact) mass is 387 g/mol. The van der Waals surface area contributed by atoms with Crippen LogP contribution in [0.1, 0.15) is 57.3 Å². The van der Waals surface area contributed by atoms with Gasteiger partial charge in [0.25, 0.3) is 5.91 Å². The summed E-state index contributed by atoms with van der Waals surface area (Å²) in [5.41, 5.74) is 0.538. The zero-order valence-corrected chi connectivity index (χ0v) is 17.4. The highest BCUT2D eigenvalue weighted by Crippen LogP contribution is 2.22. The van der Waals surface area contributed by atoms with Crippen LogP contribution in [0.4, 0.5) is 0 Å². The first kappa shape index (κ1) is 21.9. The molecule has 0 radical (unpaired) electrons. The lowest BCUT2D eigenvalue weighted by Gasteiger charge is -2.36. The summed E-state index contributed by atoms with van der Waals surface area (Å²) in [5, 5.41) is 6.00. The predicted octanol–water partition coefficient (Wildman–Crippen LogP) is 2.59. The highest BCUT2D eigenvalue weighted by atomic mass is 16.2. The molecule has 1 aromatic rings. The summed E-state index contributed by atoms with van der Waals surface area (Å²) in [6.07, 6.45) is 1.90. The third kappa shape index (κ3) is 5.81. The lowest BCUT2D eigenvalue weighted by atomic mass is 9.88. The average Bonchev–Trinajstić information content (AvgIpc) is 2.71. The second kappa shape index (κ2) is 10.2. The maximum absolute atomic E-state index is 13.0. The van der Waals surface area contributed by atoms with E-state index in [1.807, 2.05) is 24.8 Å². The predicted molar refractivity (Wildman–Crippen MR) is 110 cm³/mol. The van der Waals surface area contributed by atoms with Crippen molar-refractivity contribution in [3.05, 3.63) is 35.9 Å². The average molecular weight is 388 g/mol. The molecule has 1 heterocycles. The van der Waals surface area contributed by atoms with Gasteiger partial charge in [0.15, 0.2) is 0 Å². The van der Waals surface area contributed by atoms with Gasteiger partial charge in [0.05, 0.1) is 0 Å². The number of carbonyl (C=O) groups excluding carboxylic acids is 3. The number of nitrogens with one attached hydrogen (secondary N) is 2. The van der Waals surface area contributed by atoms with Gasteiger partial charge in [-0.15, -0.1) is 0 Å². The summed E-state index contributed by atoms with van der Waals surface area (Å²) < 4.78 is 0. The number of nitrogens with zero attached hydrogens (tertiary/aromatic N) is 1. The molecule has 1 aliphatic heterocycles. The zero-order chi connectivity index (χ0) is 20.7. The number of hydrogen-bond donors (Lipinski definition) is 2. The van der Waals surface area contributed by atoms with Gasteiger partial charge >= 0.3 is 0 Å². The molecule has 0 spiro atoms. The Kier molecular flexibility index (Phi) is 8.03. The lowest BCUT2D eigenvalue weighted by molar-refractivity contribution is -0.132. The Hall–Kier alpha value is -2.37. The second-order valence-electron chi connectivity index (χ2n) is 7.93. The first-order valence-electron chi connectivity index (χ1n) is 10.3. The number of hydrogen-bond acceptors (Lipinski definition) is 3. The van der Waals surface area contributed by atoms with E-state index >= 15 is 0 Å². The van der Waals surface area contributed by atoms with Gasteiger partial charge in [0.2, 0.25) is 11.8 Å². The maximum Gasteiger partial charge on any atom is 0.251 e. The van der Waals surface area contributed by atoms with Gasteiger partial charge in [-0.3, -0.25) is 14.4 Å². The van der Waals surface area contributed by atoms with E-state index in [9.17, 15) is 14.4 Å². The van der Waals surface area contributed by atoms with E-state index in [1.165, 1.54) is 0 Å². The zero-order valence-electron chi connectivity index (χ0n) is 17.4. The molecule has 0 aromatic heterocycles. The van der Waals surface area contributed by atoms with Crippen LogP contribution in [-0.2, 0) is 9.59 Å². The molecule has 2 rings (SSSR count). The molecule has 2 N–H and O–H groups in total. The smallest absolute Gasteiger partial charge is 0.251 e. The van der Waals surface area contributed by atoms with Crippen LogP contribution in [0.3, 0.4) is 0 Å². The SMILES string of the molecule is CCC(=O)N1CCC([C@H](NC(=O)c2ccccc2)C(=O)N[C@H](C)C(C)C)CC1. The third-order valence-electron chi connectivity index (χ3n) is 5.64. The number of piperidine rings is 1. The minimum absolute atomic E-state index is 0.00734. The normalized spacial score (nSPS) is 17.1. The molecule has 1 aliphatic rings. The number of carbonyl (C=O) groups is 3. The Morgan fingerprint density at radius 3 is 2.18 bits per heavy atom. The van der Waals surface area contributed by atoms with Crippen LogP contribution < -0.4 is 10.6 Å². The Morgan fingerprint density at radius 2 is 1.64 bits per heavy atom. The van der Waals surface area contributed by atoms with Crippen LogP contribution in [0.5, 0.6) is 0 Å². The molecule has 1 aromatic carbocycles. The van der Waals surface area contributed by atoms with E-state index in [1.54, 1.807) is 24.3 Å². The van der Waals surface area contributed by atoms with E-state index < -0.39 is 6.04 Å². The van der Waals surface area contributed by atoms with Crippen LogP contribution in [0.25, 0.3) is 0 Å². The Bertz CT molecular complexity index is 667. The molecule has 1 fully saturated rings. The quantitative estimate of drug-likeness (QED) is 0.755. The van der Waals surface area contributed by atoms with Crippen molar-refractivity contribution in [2.24, 2.45) is 11.8 Å². The molecule has 2 atom stereocenters. The summed E-state index contributed by atoms with van der Waals surface area (Å²) in [7, 11) is 0. The van der Waals surface area contributed by atoms with Crippen molar-refractivity contribution >= 4 is 17.7 Å². The van der Waals surface area contributed by atoms with Crippen molar-refractivity contribution in [2.45, 2.75) is 59.0 Å². The van der Waals surface area contributed by atoms with E-state index in [4.69, 9.17) is 0 Å². The van der Waals surface area contributed by atoms with E-state index in [2.05, 4.69) is 24.5 Å². The fourth-order valence-corrected chi connectivity index (χ4v) is 3.40. The molecular weight excluding hydrogens is 354 g/mol. The summed E-state index contributed by atoms with van der Waals surface area (Å²) in [6.45, 7) is 9.19. The molecule has 0 bridgehead atoms. The molecule has 28 heavy (non-hydrogen) atoms. The number of rotatable bonds is 7. The molecule has 6 heteroatoms. The number of likely N-dealkylation sites (tertiary alicyclic amines) is 1. The summed E-state index contributed by atoms with van der Waals surface area (Å²) in [4.78, 5) is 39.5. The van der Waals surface area contributed by atoms with Crippen LogP contribution in [0.15, 0.2) is 30.3 Å². The Morgan fingerprint density at radius 1 is 1.04 bits per heavy atom. The second-order valence-corrected chi connectivity index (χ2v) is 7.93. The largest absolute Gasteiger partial charge is 0.352 e. The fourth-order valence-electron chi connectivity index (χ4n) is 3.40. The van der Waals surface area contributed by atoms with Gasteiger partial charge < -0.3 is 15.5 Å². The molecular formula is C22H33N3O3. The van der Waals surface area contributed by atoms with Gasteiger partial charge in [-0.05, 0) is 43.7 Å². The molecule has 154 valence electrons. The topological polar surface area (TPSA) is 78.5 Å². The first-order chi connectivity index (χ1) is 13.3. The van der Waals surface area contributed by atoms with Crippen molar-refractivity contribution in [2.75, 3.05) is 13.1 Å². The Balaban J connectivity index is 2.11. The Labute approximate surface area is 168 Å². The van der Waals surface area contributed by atoms with Gasteiger partial charge in [0, 0.05) is 31.1 Å². The van der Waals surface area contributed by atoms with Gasteiger partial charge in [0.1, 0.15) is 6.04 Å². The standard InChI is InChI=1S/C22H33N3O3/c1-5-19(26)25-13-11-17(12-14-25)20(22(28)23-16(4)15(2)3)24-21(27)18-9-7-6-8-10-18/h6-10,15-17,20H,5,11-14H2,1-4H3,(H,23,28)(H,24,27)/t16-,20+/m1/s1. The van der Waals surface area contributed by atoms with Gasteiger partial charge in [-0.25, -0.2) is 0 Å². The summed E-state index contributed by atoms with van der Waals surface area (Å²) in [5.74, 6) is 0.0587. The van der Waals surface area contributed by atoms with Gasteiger partial charge in [-0.2, -0.15) is 0 Å². The molecule has 1 saturated heterocycles. The molecule has 6 nitrogen and oxygen atoms in total. The van der Waals surface area contributed by atoms with Crippen LogP contribution in [-0.4, -0.2) is 47.8 Å². The molecule has 0 unspecified atom stereocenters. The van der Waals surface area contributed by atoms with Crippen molar-refractivity contribution in [1.29, 1.82) is 0 Å². The van der Waals surface area contributed by atoms with E-state index in [0.29, 0.717) is 43.8 Å². The molecule has 0 aliphatic carbocycles. The minimum Gasteiger partial charge on any atom is -0.352 e. The highest BCUT2D eigenvalue weighted by molar-refractivity contribution is 5.97. The fraction of sp³-hybridized carbons (Fsp3) is 0.591. The summed E-state index contributed by atoms with van der Waals surface area (Å²) >= 11 is 0. The van der Waals surface area contributed by atoms with Crippen molar-refractivity contribution in [3.8, 4) is 0 Å². The van der Waals surface area contributed by atoms with Crippen LogP contribution in [0.2, 0.25) is 0 Å². The van der Waals surface area contributed by atoms with Crippen molar-refractivity contribution < 1.29 is 14.4 Å². The van der Waals surface area contributed by atoms with Crippen molar-refractivity contribution in [1.82, 2.24) is 15.5 Å². The highest BCUT2D eigenvalue weighted by Gasteiger charge is 2.34. The number of benzene rings is 1. The van der Waals surface area contributed by atoms with Crippen LogP contribution >= 0.6 is 0 Å². The van der Waals surface area contributed by atoms with E-state index in [0.717, 1.165) is 0 Å². The van der Waals surface area contributed by atoms with E-state index in [-0.39, 0.29) is 29.7 Å². The lowest BCUT2D eigenvalue weighted by Crippen LogP contribution is -2.55. The van der Waals surface area contributed by atoms with Crippen molar-refractivity contribution in [3.63, 3.8) is 0 Å². The number of amides is 3. The molecule has 3 amide bonds.